The van der Waals surface area contributed by atoms with Crippen LogP contribution in [-0.4, -0.2) is 18.5 Å². The number of para-hydroxylation sites is 1. The largest absolute Gasteiger partial charge is 0.324 e. The molecular weight excluding hydrogens is 260 g/mol. The minimum atomic E-state index is -0.0436. The van der Waals surface area contributed by atoms with Gasteiger partial charge in [-0.05, 0) is 37.8 Å². The number of nitrogens with one attached hydrogen (secondary N) is 2. The molecule has 0 saturated heterocycles. The fourth-order valence-corrected chi connectivity index (χ4v) is 2.82. The number of hydrogen-bond donors (Lipinski definition) is 2. The molecule has 1 saturated carbocycles. The van der Waals surface area contributed by atoms with E-state index in [9.17, 15) is 4.79 Å². The highest BCUT2D eigenvalue weighted by Gasteiger charge is 2.21. The fraction of sp³-hybridized carbons (Fsp3) is 0.533. The van der Waals surface area contributed by atoms with Crippen molar-refractivity contribution < 1.29 is 4.79 Å². The molecule has 1 aliphatic rings. The highest BCUT2D eigenvalue weighted by atomic mass is 35.5. The van der Waals surface area contributed by atoms with Crippen LogP contribution in [0.5, 0.6) is 0 Å². The highest BCUT2D eigenvalue weighted by molar-refractivity contribution is 6.33. The van der Waals surface area contributed by atoms with Gasteiger partial charge >= 0.3 is 0 Å². The molecule has 2 N–H and O–H groups in total. The summed E-state index contributed by atoms with van der Waals surface area (Å²) < 4.78 is 0. The van der Waals surface area contributed by atoms with Gasteiger partial charge in [0.15, 0.2) is 0 Å². The Labute approximate surface area is 119 Å². The molecule has 3 nitrogen and oxygen atoms in total. The number of rotatable bonds is 5. The number of carbonyl (C=O) groups excluding carboxylic acids is 1. The van der Waals surface area contributed by atoms with E-state index in [4.69, 9.17) is 11.6 Å². The maximum Gasteiger partial charge on any atom is 0.238 e. The number of anilines is 1. The summed E-state index contributed by atoms with van der Waals surface area (Å²) in [7, 11) is 0. The predicted molar refractivity (Wildman–Crippen MR) is 79.5 cm³/mol. The molecule has 1 aliphatic carbocycles. The summed E-state index contributed by atoms with van der Waals surface area (Å²) in [6, 6.07) is 7.68. The number of carbonyl (C=O) groups is 1. The Morgan fingerprint density at radius 3 is 2.74 bits per heavy atom. The van der Waals surface area contributed by atoms with E-state index in [1.165, 1.54) is 25.7 Å². The van der Waals surface area contributed by atoms with Crippen LogP contribution in [0.4, 0.5) is 5.69 Å². The van der Waals surface area contributed by atoms with Crippen molar-refractivity contribution in [1.29, 1.82) is 0 Å². The minimum absolute atomic E-state index is 0.0436. The van der Waals surface area contributed by atoms with Gasteiger partial charge in [-0.15, -0.1) is 0 Å². The third kappa shape index (κ3) is 4.22. The molecule has 19 heavy (non-hydrogen) atoms. The van der Waals surface area contributed by atoms with Gasteiger partial charge < -0.3 is 10.6 Å². The lowest BCUT2D eigenvalue weighted by molar-refractivity contribution is -0.115. The van der Waals surface area contributed by atoms with Gasteiger partial charge in [0, 0.05) is 6.04 Å². The van der Waals surface area contributed by atoms with Crippen molar-refractivity contribution in [3.05, 3.63) is 29.3 Å². The van der Waals surface area contributed by atoms with Crippen LogP contribution < -0.4 is 10.6 Å². The molecule has 1 fully saturated rings. The summed E-state index contributed by atoms with van der Waals surface area (Å²) in [5.74, 6) is 0.672. The molecule has 0 heterocycles. The first-order chi connectivity index (χ1) is 9.16. The van der Waals surface area contributed by atoms with Gasteiger partial charge in [0.2, 0.25) is 5.91 Å². The minimum Gasteiger partial charge on any atom is -0.324 e. The summed E-state index contributed by atoms with van der Waals surface area (Å²) in [6.45, 7) is 2.50. The lowest BCUT2D eigenvalue weighted by Crippen LogP contribution is -2.38. The molecule has 4 heteroatoms. The first kappa shape index (κ1) is 14.4. The lowest BCUT2D eigenvalue weighted by atomic mass is 10.00. The zero-order valence-corrected chi connectivity index (χ0v) is 12.0. The van der Waals surface area contributed by atoms with Crippen LogP contribution in [0.25, 0.3) is 0 Å². The second kappa shape index (κ2) is 6.92. The standard InChI is InChI=1S/C15H21ClN2O/c1-11(12-6-2-3-7-12)17-10-15(19)18-14-9-5-4-8-13(14)16/h4-5,8-9,11-12,17H,2-3,6-7,10H2,1H3,(H,18,19)/t11-/m1/s1. The van der Waals surface area contributed by atoms with Crippen LogP contribution in [0.3, 0.4) is 0 Å². The van der Waals surface area contributed by atoms with Gasteiger partial charge in [-0.25, -0.2) is 0 Å². The Bertz CT molecular complexity index is 430. The van der Waals surface area contributed by atoms with E-state index in [-0.39, 0.29) is 5.91 Å². The number of halogens is 1. The molecule has 0 aromatic heterocycles. The average molecular weight is 281 g/mol. The van der Waals surface area contributed by atoms with Gasteiger partial charge in [0.25, 0.3) is 0 Å². The van der Waals surface area contributed by atoms with E-state index in [0.29, 0.717) is 29.2 Å². The zero-order valence-electron chi connectivity index (χ0n) is 11.3. The van der Waals surface area contributed by atoms with Crippen molar-refractivity contribution in [3.8, 4) is 0 Å². The van der Waals surface area contributed by atoms with Crippen LogP contribution >= 0.6 is 11.6 Å². The molecule has 1 aromatic carbocycles. The van der Waals surface area contributed by atoms with Gasteiger partial charge in [-0.1, -0.05) is 36.6 Å². The number of benzene rings is 1. The van der Waals surface area contributed by atoms with Crippen molar-refractivity contribution in [3.63, 3.8) is 0 Å². The molecule has 1 amide bonds. The van der Waals surface area contributed by atoms with Crippen LogP contribution in [0.1, 0.15) is 32.6 Å². The molecule has 1 aromatic rings. The second-order valence-corrected chi connectivity index (χ2v) is 5.65. The fourth-order valence-electron chi connectivity index (χ4n) is 2.63. The monoisotopic (exact) mass is 280 g/mol. The van der Waals surface area contributed by atoms with Crippen LogP contribution in [0.15, 0.2) is 24.3 Å². The first-order valence-corrected chi connectivity index (χ1v) is 7.32. The lowest BCUT2D eigenvalue weighted by Gasteiger charge is -2.20. The van der Waals surface area contributed by atoms with E-state index in [1.807, 2.05) is 12.1 Å². The van der Waals surface area contributed by atoms with Crippen LogP contribution in [0, 0.1) is 5.92 Å². The molecule has 1 atom stereocenters. The Hall–Kier alpha value is -1.06. The molecule has 0 spiro atoms. The van der Waals surface area contributed by atoms with Crippen molar-refractivity contribution in [2.45, 2.75) is 38.6 Å². The summed E-state index contributed by atoms with van der Waals surface area (Å²) in [6.07, 6.45) is 5.20. The molecule has 104 valence electrons. The van der Waals surface area contributed by atoms with E-state index < -0.39 is 0 Å². The van der Waals surface area contributed by atoms with Gasteiger partial charge in [0.05, 0.1) is 17.3 Å². The van der Waals surface area contributed by atoms with Gasteiger partial charge in [-0.3, -0.25) is 4.79 Å². The van der Waals surface area contributed by atoms with Crippen molar-refractivity contribution in [2.24, 2.45) is 5.92 Å². The Morgan fingerprint density at radius 1 is 1.37 bits per heavy atom. The quantitative estimate of drug-likeness (QED) is 0.867. The Balaban J connectivity index is 1.77. The van der Waals surface area contributed by atoms with Crippen molar-refractivity contribution in [1.82, 2.24) is 5.32 Å². The first-order valence-electron chi connectivity index (χ1n) is 6.94. The van der Waals surface area contributed by atoms with Crippen LogP contribution in [0.2, 0.25) is 5.02 Å². The molecular formula is C15H21ClN2O. The smallest absolute Gasteiger partial charge is 0.238 e. The predicted octanol–water partition coefficient (Wildman–Crippen LogP) is 3.45. The zero-order chi connectivity index (χ0) is 13.7. The van der Waals surface area contributed by atoms with E-state index >= 15 is 0 Å². The maximum absolute atomic E-state index is 11.9. The Kier molecular flexibility index (Phi) is 5.23. The maximum atomic E-state index is 11.9. The molecule has 2 rings (SSSR count). The average Bonchev–Trinajstić information content (AvgIpc) is 2.93. The normalized spacial score (nSPS) is 17.4. The molecule has 0 bridgehead atoms. The van der Waals surface area contributed by atoms with Gasteiger partial charge in [-0.2, -0.15) is 0 Å². The number of hydrogen-bond acceptors (Lipinski definition) is 2. The Morgan fingerprint density at radius 2 is 2.05 bits per heavy atom. The number of amides is 1. The highest BCUT2D eigenvalue weighted by Crippen LogP contribution is 2.27. The second-order valence-electron chi connectivity index (χ2n) is 5.24. The summed E-state index contributed by atoms with van der Waals surface area (Å²) in [4.78, 5) is 11.9. The van der Waals surface area contributed by atoms with E-state index in [2.05, 4.69) is 17.6 Å². The third-order valence-corrected chi connectivity index (χ3v) is 4.17. The third-order valence-electron chi connectivity index (χ3n) is 3.84. The molecule has 0 unspecified atom stereocenters. The van der Waals surface area contributed by atoms with Crippen molar-refractivity contribution in [2.75, 3.05) is 11.9 Å². The SMILES string of the molecule is C[C@@H](NCC(=O)Nc1ccccc1Cl)C1CCCC1. The molecule has 0 radical (unpaired) electrons. The van der Waals surface area contributed by atoms with Crippen LogP contribution in [-0.2, 0) is 4.79 Å². The summed E-state index contributed by atoms with van der Waals surface area (Å²) in [5, 5.41) is 6.70. The van der Waals surface area contributed by atoms with E-state index in [1.54, 1.807) is 12.1 Å². The summed E-state index contributed by atoms with van der Waals surface area (Å²) in [5.41, 5.74) is 0.671. The van der Waals surface area contributed by atoms with E-state index in [0.717, 1.165) is 0 Å². The van der Waals surface area contributed by atoms with Gasteiger partial charge in [0.1, 0.15) is 0 Å². The topological polar surface area (TPSA) is 41.1 Å². The van der Waals surface area contributed by atoms with Crippen molar-refractivity contribution >= 4 is 23.2 Å². The molecule has 0 aliphatic heterocycles. The summed E-state index contributed by atoms with van der Waals surface area (Å²) >= 11 is 6.00.